The molecule has 0 spiro atoms. The molecule has 0 saturated carbocycles. The predicted octanol–water partition coefficient (Wildman–Crippen LogP) is -1.20. The molecule has 0 aliphatic heterocycles. The smallest absolute Gasteiger partial charge is 0.271 e. The molecule has 0 aliphatic rings. The SMILES string of the molecule is NCC(=O)NNC(=O)c1cccnc1. The maximum atomic E-state index is 11.3. The molecule has 1 aromatic heterocycles. The summed E-state index contributed by atoms with van der Waals surface area (Å²) in [5.41, 5.74) is 9.72. The van der Waals surface area contributed by atoms with Gasteiger partial charge >= 0.3 is 0 Å². The van der Waals surface area contributed by atoms with Gasteiger partial charge < -0.3 is 5.73 Å². The Morgan fingerprint density at radius 3 is 2.79 bits per heavy atom. The second-order valence-corrected chi connectivity index (χ2v) is 2.45. The molecule has 74 valence electrons. The number of carbonyl (C=O) groups excluding carboxylic acids is 2. The van der Waals surface area contributed by atoms with Gasteiger partial charge in [-0.05, 0) is 12.1 Å². The molecule has 1 aromatic rings. The van der Waals surface area contributed by atoms with Gasteiger partial charge in [-0.15, -0.1) is 0 Å². The van der Waals surface area contributed by atoms with Crippen LogP contribution < -0.4 is 16.6 Å². The van der Waals surface area contributed by atoms with Crippen molar-refractivity contribution in [1.29, 1.82) is 0 Å². The first-order valence-corrected chi connectivity index (χ1v) is 3.93. The van der Waals surface area contributed by atoms with E-state index in [1.54, 1.807) is 18.3 Å². The zero-order chi connectivity index (χ0) is 10.4. The van der Waals surface area contributed by atoms with Crippen LogP contribution in [0.4, 0.5) is 0 Å². The van der Waals surface area contributed by atoms with Crippen molar-refractivity contribution in [1.82, 2.24) is 15.8 Å². The van der Waals surface area contributed by atoms with E-state index in [1.807, 2.05) is 0 Å². The molecule has 2 amide bonds. The molecular formula is C8H10N4O2. The van der Waals surface area contributed by atoms with Gasteiger partial charge in [0.2, 0.25) is 0 Å². The maximum Gasteiger partial charge on any atom is 0.271 e. The summed E-state index contributed by atoms with van der Waals surface area (Å²) in [6, 6.07) is 3.20. The highest BCUT2D eigenvalue weighted by Crippen LogP contribution is 1.93. The largest absolute Gasteiger partial charge is 0.322 e. The standard InChI is InChI=1S/C8H10N4O2/c9-4-7(13)11-12-8(14)6-2-1-3-10-5-6/h1-3,5H,4,9H2,(H,11,13)(H,12,14). The topological polar surface area (TPSA) is 97.1 Å². The minimum Gasteiger partial charge on any atom is -0.322 e. The van der Waals surface area contributed by atoms with Crippen molar-refractivity contribution < 1.29 is 9.59 Å². The van der Waals surface area contributed by atoms with E-state index in [-0.39, 0.29) is 6.54 Å². The fourth-order valence-electron chi connectivity index (χ4n) is 0.747. The molecule has 0 aromatic carbocycles. The van der Waals surface area contributed by atoms with Gasteiger partial charge in [0.25, 0.3) is 11.8 Å². The summed E-state index contributed by atoms with van der Waals surface area (Å²) >= 11 is 0. The highest BCUT2D eigenvalue weighted by molar-refractivity contribution is 5.95. The fraction of sp³-hybridized carbons (Fsp3) is 0.125. The van der Waals surface area contributed by atoms with Gasteiger partial charge in [-0.25, -0.2) is 0 Å². The Morgan fingerprint density at radius 2 is 2.21 bits per heavy atom. The van der Waals surface area contributed by atoms with E-state index in [0.717, 1.165) is 0 Å². The molecule has 0 aliphatic carbocycles. The summed E-state index contributed by atoms with van der Waals surface area (Å²) in [7, 11) is 0. The summed E-state index contributed by atoms with van der Waals surface area (Å²) in [5.74, 6) is -0.887. The van der Waals surface area contributed by atoms with E-state index < -0.39 is 11.8 Å². The van der Waals surface area contributed by atoms with Crippen LogP contribution in [0.3, 0.4) is 0 Å². The lowest BCUT2D eigenvalue weighted by atomic mass is 10.3. The van der Waals surface area contributed by atoms with Crippen molar-refractivity contribution in [2.45, 2.75) is 0 Å². The number of aromatic nitrogens is 1. The Hall–Kier alpha value is -1.95. The number of nitrogens with zero attached hydrogens (tertiary/aromatic N) is 1. The summed E-state index contributed by atoms with van der Waals surface area (Å²) in [6.07, 6.45) is 2.94. The third-order valence-corrected chi connectivity index (χ3v) is 1.42. The average Bonchev–Trinajstić information content (AvgIpc) is 2.26. The van der Waals surface area contributed by atoms with Gasteiger partial charge in [0.15, 0.2) is 0 Å². The summed E-state index contributed by atoms with van der Waals surface area (Å²) in [5, 5.41) is 0. The van der Waals surface area contributed by atoms with Crippen molar-refractivity contribution >= 4 is 11.8 Å². The summed E-state index contributed by atoms with van der Waals surface area (Å²) < 4.78 is 0. The molecule has 4 N–H and O–H groups in total. The minimum atomic E-state index is -0.456. The monoisotopic (exact) mass is 194 g/mol. The van der Waals surface area contributed by atoms with Crippen LogP contribution in [0.2, 0.25) is 0 Å². The zero-order valence-corrected chi connectivity index (χ0v) is 7.36. The van der Waals surface area contributed by atoms with E-state index in [9.17, 15) is 9.59 Å². The Balaban J connectivity index is 2.48. The van der Waals surface area contributed by atoms with Crippen LogP contribution >= 0.6 is 0 Å². The first kappa shape index (κ1) is 10.1. The molecule has 6 nitrogen and oxygen atoms in total. The minimum absolute atomic E-state index is 0.173. The van der Waals surface area contributed by atoms with E-state index in [2.05, 4.69) is 15.8 Å². The molecule has 1 heterocycles. The highest BCUT2D eigenvalue weighted by atomic mass is 16.2. The molecule has 0 bridgehead atoms. The number of amides is 2. The van der Waals surface area contributed by atoms with Crippen molar-refractivity contribution in [2.24, 2.45) is 5.73 Å². The van der Waals surface area contributed by atoms with E-state index >= 15 is 0 Å². The molecule has 0 unspecified atom stereocenters. The third-order valence-electron chi connectivity index (χ3n) is 1.42. The lowest BCUT2D eigenvalue weighted by Crippen LogP contribution is -2.44. The zero-order valence-electron chi connectivity index (χ0n) is 7.36. The molecule has 1 rings (SSSR count). The van der Waals surface area contributed by atoms with Crippen LogP contribution in [-0.2, 0) is 4.79 Å². The Labute approximate surface area is 80.5 Å². The number of rotatable bonds is 2. The highest BCUT2D eigenvalue weighted by Gasteiger charge is 2.04. The van der Waals surface area contributed by atoms with Crippen LogP contribution in [0.1, 0.15) is 10.4 Å². The molecule has 6 heteroatoms. The number of nitrogens with two attached hydrogens (primary N) is 1. The van der Waals surface area contributed by atoms with E-state index in [0.29, 0.717) is 5.56 Å². The first-order chi connectivity index (χ1) is 6.74. The Kier molecular flexibility index (Phi) is 3.57. The van der Waals surface area contributed by atoms with Gasteiger partial charge in [0.05, 0.1) is 12.1 Å². The van der Waals surface area contributed by atoms with Gasteiger partial charge in [0.1, 0.15) is 0 Å². The van der Waals surface area contributed by atoms with Gasteiger partial charge in [-0.3, -0.25) is 25.4 Å². The second-order valence-electron chi connectivity index (χ2n) is 2.45. The number of carbonyl (C=O) groups is 2. The lowest BCUT2D eigenvalue weighted by molar-refractivity contribution is -0.120. The molecule has 0 fully saturated rings. The molecule has 0 radical (unpaired) electrons. The molecule has 0 saturated heterocycles. The Morgan fingerprint density at radius 1 is 1.43 bits per heavy atom. The van der Waals surface area contributed by atoms with Crippen molar-refractivity contribution in [3.05, 3.63) is 30.1 Å². The fourth-order valence-corrected chi connectivity index (χ4v) is 0.747. The van der Waals surface area contributed by atoms with Crippen LogP contribution in [0.15, 0.2) is 24.5 Å². The number of pyridine rings is 1. The quantitative estimate of drug-likeness (QED) is 0.515. The summed E-state index contributed by atoms with van der Waals surface area (Å²) in [4.78, 5) is 25.7. The second kappa shape index (κ2) is 4.93. The predicted molar refractivity (Wildman–Crippen MR) is 48.9 cm³/mol. The molecule has 14 heavy (non-hydrogen) atoms. The number of hydrogen-bond acceptors (Lipinski definition) is 4. The van der Waals surface area contributed by atoms with Gasteiger partial charge in [0, 0.05) is 12.4 Å². The average molecular weight is 194 g/mol. The van der Waals surface area contributed by atoms with Gasteiger partial charge in [-0.1, -0.05) is 0 Å². The van der Waals surface area contributed by atoms with Crippen molar-refractivity contribution in [3.8, 4) is 0 Å². The third kappa shape index (κ3) is 2.83. The van der Waals surface area contributed by atoms with Crippen LogP contribution in [0, 0.1) is 0 Å². The molecular weight excluding hydrogens is 184 g/mol. The lowest BCUT2D eigenvalue weighted by Gasteiger charge is -2.04. The number of nitrogens with one attached hydrogen (secondary N) is 2. The van der Waals surface area contributed by atoms with Crippen molar-refractivity contribution in [3.63, 3.8) is 0 Å². The first-order valence-electron chi connectivity index (χ1n) is 3.93. The molecule has 0 atom stereocenters. The van der Waals surface area contributed by atoms with E-state index in [4.69, 9.17) is 5.73 Å². The van der Waals surface area contributed by atoms with Crippen LogP contribution in [0.25, 0.3) is 0 Å². The normalized spacial score (nSPS) is 9.21. The van der Waals surface area contributed by atoms with Gasteiger partial charge in [-0.2, -0.15) is 0 Å². The van der Waals surface area contributed by atoms with Crippen LogP contribution in [-0.4, -0.2) is 23.3 Å². The number of hydrazine groups is 1. The Bertz CT molecular complexity index is 325. The van der Waals surface area contributed by atoms with Crippen LogP contribution in [0.5, 0.6) is 0 Å². The maximum absolute atomic E-state index is 11.3. The number of hydrogen-bond donors (Lipinski definition) is 3. The van der Waals surface area contributed by atoms with E-state index in [1.165, 1.54) is 6.20 Å². The van der Waals surface area contributed by atoms with Crippen molar-refractivity contribution in [2.75, 3.05) is 6.54 Å². The summed E-state index contributed by atoms with van der Waals surface area (Å²) in [6.45, 7) is -0.173.